The minimum absolute atomic E-state index is 0.0198. The number of anilines is 1. The third kappa shape index (κ3) is 6.61. The Bertz CT molecular complexity index is 806. The molecule has 2 unspecified atom stereocenters. The highest BCUT2D eigenvalue weighted by molar-refractivity contribution is 5.99. The molecule has 0 spiro atoms. The van der Waals surface area contributed by atoms with Crippen LogP contribution in [0.25, 0.3) is 0 Å². The second-order valence-corrected chi connectivity index (χ2v) is 7.68. The second kappa shape index (κ2) is 10.1. The molecule has 0 bridgehead atoms. The lowest BCUT2D eigenvalue weighted by molar-refractivity contribution is -0.125. The van der Waals surface area contributed by atoms with Crippen molar-refractivity contribution in [3.8, 4) is 5.75 Å². The summed E-state index contributed by atoms with van der Waals surface area (Å²) in [5.74, 6) is 0.180. The number of carbonyl (C=O) groups is 2. The van der Waals surface area contributed by atoms with Gasteiger partial charge in [0.25, 0.3) is 0 Å². The maximum absolute atomic E-state index is 12.4. The fourth-order valence-electron chi connectivity index (χ4n) is 3.12. The SMILES string of the molecule is CN(C)CCCNC(=O)C1CC1C(=O)Nc1ccc(OCc2ccccc2)cc1. The van der Waals surface area contributed by atoms with Crippen LogP contribution in [-0.2, 0) is 16.2 Å². The fraction of sp³-hybridized carbons (Fsp3) is 0.391. The van der Waals surface area contributed by atoms with Gasteiger partial charge in [0.2, 0.25) is 11.8 Å². The van der Waals surface area contributed by atoms with Crippen molar-refractivity contribution in [3.05, 3.63) is 60.2 Å². The fourth-order valence-corrected chi connectivity index (χ4v) is 3.12. The first-order valence-corrected chi connectivity index (χ1v) is 10.0. The average molecular weight is 396 g/mol. The summed E-state index contributed by atoms with van der Waals surface area (Å²) in [5, 5.41) is 5.81. The number of hydrogen-bond donors (Lipinski definition) is 2. The van der Waals surface area contributed by atoms with Gasteiger partial charge >= 0.3 is 0 Å². The maximum atomic E-state index is 12.4. The molecule has 2 aromatic carbocycles. The highest BCUT2D eigenvalue weighted by Gasteiger charge is 2.47. The summed E-state index contributed by atoms with van der Waals surface area (Å²) < 4.78 is 5.75. The van der Waals surface area contributed by atoms with Crippen LogP contribution in [0.2, 0.25) is 0 Å². The number of hydrogen-bond acceptors (Lipinski definition) is 4. The zero-order chi connectivity index (χ0) is 20.6. The molecule has 2 amide bonds. The van der Waals surface area contributed by atoms with E-state index in [9.17, 15) is 9.59 Å². The van der Waals surface area contributed by atoms with Crippen LogP contribution in [0.4, 0.5) is 5.69 Å². The Morgan fingerprint density at radius 3 is 2.38 bits per heavy atom. The van der Waals surface area contributed by atoms with E-state index in [1.54, 1.807) is 0 Å². The third-order valence-corrected chi connectivity index (χ3v) is 4.92. The maximum Gasteiger partial charge on any atom is 0.228 e. The predicted molar refractivity (Wildman–Crippen MR) is 114 cm³/mol. The van der Waals surface area contributed by atoms with Crippen molar-refractivity contribution in [2.24, 2.45) is 11.8 Å². The first-order chi connectivity index (χ1) is 14.0. The Balaban J connectivity index is 1.39. The van der Waals surface area contributed by atoms with Crippen molar-refractivity contribution in [2.45, 2.75) is 19.4 Å². The zero-order valence-electron chi connectivity index (χ0n) is 17.1. The summed E-state index contributed by atoms with van der Waals surface area (Å²) in [6, 6.07) is 17.3. The molecule has 6 heteroatoms. The molecule has 1 aliphatic carbocycles. The third-order valence-electron chi connectivity index (χ3n) is 4.92. The largest absolute Gasteiger partial charge is 0.489 e. The van der Waals surface area contributed by atoms with E-state index < -0.39 is 0 Å². The minimum Gasteiger partial charge on any atom is -0.489 e. The molecular formula is C23H29N3O3. The summed E-state index contributed by atoms with van der Waals surface area (Å²) in [6.07, 6.45) is 1.52. The van der Waals surface area contributed by atoms with Crippen molar-refractivity contribution in [1.29, 1.82) is 0 Å². The van der Waals surface area contributed by atoms with E-state index in [4.69, 9.17) is 4.74 Å². The van der Waals surface area contributed by atoms with Gasteiger partial charge in [-0.15, -0.1) is 0 Å². The molecule has 1 aliphatic rings. The monoisotopic (exact) mass is 395 g/mol. The van der Waals surface area contributed by atoms with Crippen molar-refractivity contribution < 1.29 is 14.3 Å². The number of rotatable bonds is 10. The summed E-state index contributed by atoms with van der Waals surface area (Å²) in [4.78, 5) is 26.6. The average Bonchev–Trinajstić information content (AvgIpc) is 3.52. The number of carbonyl (C=O) groups excluding carboxylic acids is 2. The topological polar surface area (TPSA) is 70.7 Å². The molecule has 2 N–H and O–H groups in total. The van der Waals surface area contributed by atoms with Crippen molar-refractivity contribution in [1.82, 2.24) is 10.2 Å². The molecule has 2 atom stereocenters. The van der Waals surface area contributed by atoms with Crippen LogP contribution >= 0.6 is 0 Å². The van der Waals surface area contributed by atoms with E-state index in [1.807, 2.05) is 68.7 Å². The molecule has 0 saturated heterocycles. The molecule has 1 fully saturated rings. The molecule has 0 aromatic heterocycles. The van der Waals surface area contributed by atoms with Crippen LogP contribution in [0.1, 0.15) is 18.4 Å². The highest BCUT2D eigenvalue weighted by atomic mass is 16.5. The smallest absolute Gasteiger partial charge is 0.228 e. The van der Waals surface area contributed by atoms with E-state index in [2.05, 4.69) is 15.5 Å². The van der Waals surface area contributed by atoms with Gasteiger partial charge in [-0.05, 0) is 63.3 Å². The Morgan fingerprint density at radius 1 is 1.00 bits per heavy atom. The standard InChI is InChI=1S/C23H29N3O3/c1-26(2)14-6-13-24-22(27)20-15-21(20)23(28)25-18-9-11-19(12-10-18)29-16-17-7-4-3-5-8-17/h3-5,7-12,20-21H,6,13-16H2,1-2H3,(H,24,27)(H,25,28). The van der Waals surface area contributed by atoms with Crippen molar-refractivity contribution >= 4 is 17.5 Å². The van der Waals surface area contributed by atoms with Crippen LogP contribution in [0.15, 0.2) is 54.6 Å². The Labute approximate surface area is 172 Å². The lowest BCUT2D eigenvalue weighted by atomic mass is 10.2. The Morgan fingerprint density at radius 2 is 1.69 bits per heavy atom. The number of nitrogens with one attached hydrogen (secondary N) is 2. The van der Waals surface area contributed by atoms with Crippen LogP contribution in [0, 0.1) is 11.8 Å². The van der Waals surface area contributed by atoms with E-state index in [-0.39, 0.29) is 23.7 Å². The summed E-state index contributed by atoms with van der Waals surface area (Å²) in [5.41, 5.74) is 1.81. The first kappa shape index (κ1) is 20.9. The zero-order valence-corrected chi connectivity index (χ0v) is 17.1. The lowest BCUT2D eigenvalue weighted by Gasteiger charge is -2.10. The molecule has 0 heterocycles. The minimum atomic E-state index is -0.238. The van der Waals surface area contributed by atoms with Gasteiger partial charge < -0.3 is 20.3 Å². The lowest BCUT2D eigenvalue weighted by Crippen LogP contribution is -2.30. The van der Waals surface area contributed by atoms with E-state index in [0.717, 1.165) is 24.3 Å². The molecular weight excluding hydrogens is 366 g/mol. The van der Waals surface area contributed by atoms with Crippen LogP contribution in [-0.4, -0.2) is 43.9 Å². The number of amides is 2. The number of ether oxygens (including phenoxy) is 1. The number of nitrogens with zero attached hydrogens (tertiary/aromatic N) is 1. The van der Waals surface area contributed by atoms with Gasteiger partial charge in [0.05, 0.1) is 11.8 Å². The second-order valence-electron chi connectivity index (χ2n) is 7.68. The molecule has 29 heavy (non-hydrogen) atoms. The van der Waals surface area contributed by atoms with Crippen LogP contribution in [0.5, 0.6) is 5.75 Å². The quantitative estimate of drug-likeness (QED) is 0.607. The van der Waals surface area contributed by atoms with E-state index >= 15 is 0 Å². The molecule has 2 aromatic rings. The van der Waals surface area contributed by atoms with Crippen molar-refractivity contribution in [3.63, 3.8) is 0 Å². The Hall–Kier alpha value is -2.86. The van der Waals surface area contributed by atoms with Crippen LogP contribution in [0.3, 0.4) is 0 Å². The van der Waals surface area contributed by atoms with Gasteiger partial charge in [0.15, 0.2) is 0 Å². The van der Waals surface area contributed by atoms with Gasteiger partial charge in [-0.3, -0.25) is 9.59 Å². The van der Waals surface area contributed by atoms with E-state index in [1.165, 1.54) is 0 Å². The van der Waals surface area contributed by atoms with E-state index in [0.29, 0.717) is 25.3 Å². The van der Waals surface area contributed by atoms with Gasteiger partial charge in [0.1, 0.15) is 12.4 Å². The van der Waals surface area contributed by atoms with Gasteiger partial charge in [-0.1, -0.05) is 30.3 Å². The van der Waals surface area contributed by atoms with Crippen LogP contribution < -0.4 is 15.4 Å². The number of benzene rings is 2. The molecule has 154 valence electrons. The molecule has 0 aliphatic heterocycles. The molecule has 6 nitrogen and oxygen atoms in total. The Kier molecular flexibility index (Phi) is 7.25. The first-order valence-electron chi connectivity index (χ1n) is 10.0. The normalized spacial score (nSPS) is 17.6. The van der Waals surface area contributed by atoms with Crippen molar-refractivity contribution in [2.75, 3.05) is 32.5 Å². The highest BCUT2D eigenvalue weighted by Crippen LogP contribution is 2.39. The summed E-state index contributed by atoms with van der Waals surface area (Å²) in [7, 11) is 4.01. The van der Waals surface area contributed by atoms with Gasteiger partial charge in [-0.25, -0.2) is 0 Å². The van der Waals surface area contributed by atoms with Gasteiger partial charge in [0, 0.05) is 12.2 Å². The summed E-state index contributed by atoms with van der Waals surface area (Å²) >= 11 is 0. The molecule has 0 radical (unpaired) electrons. The van der Waals surface area contributed by atoms with Gasteiger partial charge in [-0.2, -0.15) is 0 Å². The summed E-state index contributed by atoms with van der Waals surface area (Å²) in [6.45, 7) is 2.08. The predicted octanol–water partition coefficient (Wildman–Crippen LogP) is 2.91. The molecule has 1 saturated carbocycles. The molecule has 3 rings (SSSR count).